The molecule has 1 rings (SSSR count). The Bertz CT molecular complexity index is 491. The van der Waals surface area contributed by atoms with E-state index < -0.39 is 5.97 Å². The number of nitrogens with zero attached hydrogens (tertiary/aromatic N) is 2. The van der Waals surface area contributed by atoms with Crippen LogP contribution in [0.5, 0.6) is 0 Å². The van der Waals surface area contributed by atoms with E-state index in [0.29, 0.717) is 27.9 Å². The lowest BCUT2D eigenvalue weighted by Gasteiger charge is -2.04. The molecule has 0 spiro atoms. The number of halogens is 2. The smallest absolute Gasteiger partial charge is 0.343 e. The van der Waals surface area contributed by atoms with Gasteiger partial charge in [0, 0.05) is 19.2 Å². The van der Waals surface area contributed by atoms with E-state index in [0.717, 1.165) is 18.6 Å². The van der Waals surface area contributed by atoms with Gasteiger partial charge in [-0.3, -0.25) is 9.48 Å². The van der Waals surface area contributed by atoms with Crippen LogP contribution in [0, 0.1) is 0 Å². The van der Waals surface area contributed by atoms with E-state index >= 15 is 0 Å². The van der Waals surface area contributed by atoms with Crippen molar-refractivity contribution < 1.29 is 14.3 Å². The van der Waals surface area contributed by atoms with Crippen molar-refractivity contribution in [3.8, 4) is 0 Å². The van der Waals surface area contributed by atoms with Gasteiger partial charge in [0.1, 0.15) is 14.8 Å². The Kier molecular flexibility index (Phi) is 7.83. The first-order valence-electron chi connectivity index (χ1n) is 6.19. The fourth-order valence-corrected chi connectivity index (χ4v) is 3.56. The Morgan fingerprint density at radius 2 is 2.05 bits per heavy atom. The predicted molar refractivity (Wildman–Crippen MR) is 86.0 cm³/mol. The first-order valence-corrected chi connectivity index (χ1v) is 8.76. The van der Waals surface area contributed by atoms with Crippen LogP contribution in [0.2, 0.25) is 0 Å². The van der Waals surface area contributed by atoms with E-state index in [1.165, 1.54) is 11.8 Å². The maximum Gasteiger partial charge on any atom is 0.343 e. The quantitative estimate of drug-likeness (QED) is 0.491. The zero-order valence-corrected chi connectivity index (χ0v) is 15.3. The molecule has 1 aromatic heterocycles. The van der Waals surface area contributed by atoms with E-state index in [2.05, 4.69) is 37.0 Å². The Labute approximate surface area is 139 Å². The molecule has 0 aliphatic rings. The molecule has 1 heterocycles. The molecule has 0 radical (unpaired) electrons. The summed E-state index contributed by atoms with van der Waals surface area (Å²) in [4.78, 5) is 22.6. The van der Waals surface area contributed by atoms with Gasteiger partial charge in [0.05, 0.1) is 6.61 Å². The molecule has 0 saturated heterocycles. The van der Waals surface area contributed by atoms with Gasteiger partial charge in [0.2, 0.25) is 0 Å². The fourth-order valence-electron chi connectivity index (χ4n) is 1.51. The molecule has 0 bridgehead atoms. The highest BCUT2D eigenvalue weighted by Gasteiger charge is 2.21. The highest BCUT2D eigenvalue weighted by molar-refractivity contribution is 9.11. The van der Waals surface area contributed by atoms with Crippen LogP contribution in [0.1, 0.15) is 37.0 Å². The van der Waals surface area contributed by atoms with Crippen LogP contribution in [0.15, 0.2) is 9.21 Å². The predicted octanol–water partition coefficient (Wildman–Crippen LogP) is 3.64. The molecule has 0 saturated carbocycles. The van der Waals surface area contributed by atoms with Crippen molar-refractivity contribution in [1.29, 1.82) is 0 Å². The van der Waals surface area contributed by atoms with Gasteiger partial charge in [-0.1, -0.05) is 11.8 Å². The molecule has 112 valence electrons. The van der Waals surface area contributed by atoms with Crippen LogP contribution in [0.25, 0.3) is 0 Å². The molecule has 8 heteroatoms. The van der Waals surface area contributed by atoms with Crippen molar-refractivity contribution >= 4 is 54.7 Å². The van der Waals surface area contributed by atoms with Crippen molar-refractivity contribution in [2.45, 2.75) is 33.2 Å². The average Bonchev–Trinajstić information content (AvgIpc) is 2.64. The van der Waals surface area contributed by atoms with Gasteiger partial charge in [-0.15, -0.1) is 0 Å². The number of aryl methyl sites for hydroxylation is 1. The van der Waals surface area contributed by atoms with Gasteiger partial charge in [0.25, 0.3) is 0 Å². The first-order chi connectivity index (χ1) is 9.47. The van der Waals surface area contributed by atoms with E-state index in [1.807, 2.05) is 0 Å². The monoisotopic (exact) mass is 426 g/mol. The molecule has 0 aliphatic heterocycles. The van der Waals surface area contributed by atoms with Crippen LogP contribution in [0.4, 0.5) is 0 Å². The Balaban J connectivity index is 2.57. The summed E-state index contributed by atoms with van der Waals surface area (Å²) >= 11 is 7.97. The zero-order chi connectivity index (χ0) is 15.1. The number of carbonyl (C=O) groups excluding carboxylic acids is 2. The lowest BCUT2D eigenvalue weighted by Crippen LogP contribution is -2.06. The molecule has 0 unspecified atom stereocenters. The molecule has 0 aliphatic carbocycles. The summed E-state index contributed by atoms with van der Waals surface area (Å²) < 4.78 is 7.78. The molecule has 1 aromatic rings. The Morgan fingerprint density at radius 3 is 2.65 bits per heavy atom. The third-order valence-corrected chi connectivity index (χ3v) is 4.66. The number of esters is 1. The summed E-state index contributed by atoms with van der Waals surface area (Å²) in [5, 5.41) is 4.39. The van der Waals surface area contributed by atoms with Gasteiger partial charge in [-0.05, 0) is 51.6 Å². The lowest BCUT2D eigenvalue weighted by molar-refractivity contribution is -0.109. The number of carbonyl (C=O) groups is 2. The number of hydrogen-bond donors (Lipinski definition) is 0. The maximum atomic E-state index is 11.8. The minimum atomic E-state index is -0.398. The van der Waals surface area contributed by atoms with Crippen LogP contribution in [0.3, 0.4) is 0 Å². The minimum absolute atomic E-state index is 0.137. The number of unbranched alkanes of at least 4 members (excludes halogenated alkanes) is 1. The summed E-state index contributed by atoms with van der Waals surface area (Å²) in [6.07, 6.45) is 1.80. The summed E-state index contributed by atoms with van der Waals surface area (Å²) in [5.41, 5.74) is 0.407. The molecule has 0 atom stereocenters. The second-order valence-corrected chi connectivity index (χ2v) is 6.72. The summed E-state index contributed by atoms with van der Waals surface area (Å²) in [6.45, 7) is 4.33. The van der Waals surface area contributed by atoms with Crippen LogP contribution >= 0.6 is 43.6 Å². The highest BCUT2D eigenvalue weighted by atomic mass is 79.9. The first kappa shape index (κ1) is 17.7. The second-order valence-electron chi connectivity index (χ2n) is 3.95. The largest absolute Gasteiger partial charge is 0.462 e. The van der Waals surface area contributed by atoms with Crippen molar-refractivity contribution in [3.63, 3.8) is 0 Å². The van der Waals surface area contributed by atoms with Crippen molar-refractivity contribution in [2.75, 3.05) is 12.4 Å². The van der Waals surface area contributed by atoms with Crippen molar-refractivity contribution in [1.82, 2.24) is 9.78 Å². The summed E-state index contributed by atoms with van der Waals surface area (Å²) in [5.74, 6) is 0.407. The summed E-state index contributed by atoms with van der Waals surface area (Å²) in [6, 6.07) is 0. The number of rotatable bonds is 7. The second kappa shape index (κ2) is 8.84. The average molecular weight is 428 g/mol. The van der Waals surface area contributed by atoms with Crippen LogP contribution < -0.4 is 0 Å². The SMILES string of the molecule is CCOC(=O)c1c(Br)nn(CCCCSC(C)=O)c1Br. The molecule has 5 nitrogen and oxygen atoms in total. The number of ether oxygens (including phenoxy) is 1. The molecular weight excluding hydrogens is 412 g/mol. The van der Waals surface area contributed by atoms with Crippen molar-refractivity contribution in [3.05, 3.63) is 14.8 Å². The Morgan fingerprint density at radius 1 is 1.35 bits per heavy atom. The highest BCUT2D eigenvalue weighted by Crippen LogP contribution is 2.26. The zero-order valence-electron chi connectivity index (χ0n) is 11.3. The van der Waals surface area contributed by atoms with Crippen molar-refractivity contribution in [2.24, 2.45) is 0 Å². The third-order valence-electron chi connectivity index (χ3n) is 2.40. The van der Waals surface area contributed by atoms with E-state index in [4.69, 9.17) is 4.74 Å². The topological polar surface area (TPSA) is 61.2 Å². The molecule has 0 amide bonds. The van der Waals surface area contributed by atoms with Gasteiger partial charge < -0.3 is 4.74 Å². The maximum absolute atomic E-state index is 11.8. The number of aromatic nitrogens is 2. The lowest BCUT2D eigenvalue weighted by atomic mass is 10.3. The minimum Gasteiger partial charge on any atom is -0.462 e. The Hall–Kier alpha value is -0.340. The molecule has 0 N–H and O–H groups in total. The van der Waals surface area contributed by atoms with Gasteiger partial charge in [-0.25, -0.2) is 4.79 Å². The van der Waals surface area contributed by atoms with Crippen LogP contribution in [-0.2, 0) is 16.1 Å². The van der Waals surface area contributed by atoms with E-state index in [1.54, 1.807) is 18.5 Å². The fraction of sp³-hybridized carbons (Fsp3) is 0.583. The van der Waals surface area contributed by atoms with Gasteiger partial charge in [-0.2, -0.15) is 5.10 Å². The number of thioether (sulfide) groups is 1. The summed E-state index contributed by atoms with van der Waals surface area (Å²) in [7, 11) is 0. The molecule has 0 fully saturated rings. The number of hydrogen-bond acceptors (Lipinski definition) is 5. The van der Waals surface area contributed by atoms with Crippen LogP contribution in [-0.4, -0.2) is 33.2 Å². The standard InChI is InChI=1S/C12H16Br2N2O3S/c1-3-19-12(18)9-10(13)15-16(11(9)14)6-4-5-7-20-8(2)17/h3-7H2,1-2H3. The van der Waals surface area contributed by atoms with Gasteiger partial charge in [0.15, 0.2) is 5.12 Å². The molecule has 20 heavy (non-hydrogen) atoms. The third kappa shape index (κ3) is 5.21. The van der Waals surface area contributed by atoms with E-state index in [-0.39, 0.29) is 5.12 Å². The molecular formula is C12H16Br2N2O3S. The van der Waals surface area contributed by atoms with Gasteiger partial charge >= 0.3 is 5.97 Å². The normalized spacial score (nSPS) is 10.6. The van der Waals surface area contributed by atoms with E-state index in [9.17, 15) is 9.59 Å². The molecule has 0 aromatic carbocycles.